The summed E-state index contributed by atoms with van der Waals surface area (Å²) in [7, 11) is 3.07. The molecule has 2 aromatic rings. The van der Waals surface area contributed by atoms with Crippen LogP contribution in [-0.2, 0) is 14.4 Å². The third-order valence-corrected chi connectivity index (χ3v) is 6.06. The Hall–Kier alpha value is -3.26. The summed E-state index contributed by atoms with van der Waals surface area (Å²) in [6.07, 6.45) is 1.41. The van der Waals surface area contributed by atoms with Gasteiger partial charge in [0.15, 0.2) is 0 Å². The van der Waals surface area contributed by atoms with Crippen molar-refractivity contribution in [1.29, 1.82) is 0 Å². The normalized spacial score (nSPS) is 18.3. The molecule has 0 unspecified atom stereocenters. The number of rotatable bonds is 6. The van der Waals surface area contributed by atoms with Crippen LogP contribution in [0, 0.1) is 5.92 Å². The summed E-state index contributed by atoms with van der Waals surface area (Å²) in [5, 5.41) is 3.23. The van der Waals surface area contributed by atoms with Crippen molar-refractivity contribution in [2.24, 2.45) is 5.92 Å². The Bertz CT molecular complexity index is 1070. The van der Waals surface area contributed by atoms with Crippen LogP contribution in [0.1, 0.15) is 19.3 Å². The molecule has 2 heterocycles. The Morgan fingerprint density at radius 3 is 2.47 bits per heavy atom. The molecule has 0 saturated carbocycles. The summed E-state index contributed by atoms with van der Waals surface area (Å²) in [6.45, 7) is 0.876. The SMILES string of the molecule is COc1ccc(N2C[C@H](C(=O)Nc3ccc(N4CCCC4=O)c(Cl)c3)CC2=O)c(OC)c1. The van der Waals surface area contributed by atoms with E-state index in [1.165, 1.54) is 7.11 Å². The van der Waals surface area contributed by atoms with Gasteiger partial charge in [0.2, 0.25) is 17.7 Å². The molecule has 2 aliphatic heterocycles. The van der Waals surface area contributed by atoms with Crippen molar-refractivity contribution in [1.82, 2.24) is 0 Å². The smallest absolute Gasteiger partial charge is 0.229 e. The number of halogens is 1. The average Bonchev–Trinajstić information content (AvgIpc) is 3.39. The summed E-state index contributed by atoms with van der Waals surface area (Å²) in [6, 6.07) is 10.3. The number of hydrogen-bond donors (Lipinski definition) is 1. The average molecular weight is 458 g/mol. The van der Waals surface area contributed by atoms with Crippen molar-refractivity contribution in [2.75, 3.05) is 42.4 Å². The molecule has 2 fully saturated rings. The zero-order chi connectivity index (χ0) is 22.8. The number of benzene rings is 2. The summed E-state index contributed by atoms with van der Waals surface area (Å²) in [5.41, 5.74) is 1.75. The van der Waals surface area contributed by atoms with Gasteiger partial charge in [-0.25, -0.2) is 0 Å². The lowest BCUT2D eigenvalue weighted by atomic mass is 10.1. The summed E-state index contributed by atoms with van der Waals surface area (Å²) in [4.78, 5) is 40.7. The third-order valence-electron chi connectivity index (χ3n) is 5.75. The Kier molecular flexibility index (Phi) is 6.23. The van der Waals surface area contributed by atoms with Gasteiger partial charge in [-0.05, 0) is 36.8 Å². The van der Waals surface area contributed by atoms with E-state index in [-0.39, 0.29) is 30.7 Å². The molecule has 9 heteroatoms. The number of carbonyl (C=O) groups is 3. The molecule has 3 amide bonds. The Balaban J connectivity index is 1.45. The maximum Gasteiger partial charge on any atom is 0.229 e. The molecule has 0 spiro atoms. The highest BCUT2D eigenvalue weighted by Gasteiger charge is 2.36. The van der Waals surface area contributed by atoms with Crippen LogP contribution in [0.15, 0.2) is 36.4 Å². The number of methoxy groups -OCH3 is 2. The zero-order valence-electron chi connectivity index (χ0n) is 17.9. The standard InChI is InChI=1S/C23H24ClN3O5/c1-31-16-6-8-19(20(12-16)32-2)27-13-14(10-22(27)29)23(30)25-15-5-7-18(17(24)11-15)26-9-3-4-21(26)28/h5-8,11-12,14H,3-4,9-10,13H2,1-2H3,(H,25,30)/t14-/m1/s1. The number of anilines is 3. The fourth-order valence-corrected chi connectivity index (χ4v) is 4.36. The molecule has 0 radical (unpaired) electrons. The predicted molar refractivity (Wildman–Crippen MR) is 122 cm³/mol. The number of carbonyl (C=O) groups excluding carboxylic acids is 3. The van der Waals surface area contributed by atoms with Gasteiger partial charge in [-0.1, -0.05) is 11.6 Å². The lowest BCUT2D eigenvalue weighted by Crippen LogP contribution is -2.28. The lowest BCUT2D eigenvalue weighted by molar-refractivity contribution is -0.122. The Morgan fingerprint density at radius 1 is 1.03 bits per heavy atom. The van der Waals surface area contributed by atoms with Crippen LogP contribution in [0.2, 0.25) is 5.02 Å². The maximum atomic E-state index is 12.8. The second kappa shape index (κ2) is 9.08. The first kappa shape index (κ1) is 22.0. The van der Waals surface area contributed by atoms with Gasteiger partial charge in [-0.3, -0.25) is 14.4 Å². The van der Waals surface area contributed by atoms with Gasteiger partial charge in [-0.2, -0.15) is 0 Å². The summed E-state index contributed by atoms with van der Waals surface area (Å²) < 4.78 is 10.6. The maximum absolute atomic E-state index is 12.8. The molecule has 168 valence electrons. The van der Waals surface area contributed by atoms with Crippen molar-refractivity contribution >= 4 is 46.4 Å². The number of nitrogens with one attached hydrogen (secondary N) is 1. The molecule has 2 saturated heterocycles. The lowest BCUT2D eigenvalue weighted by Gasteiger charge is -2.20. The number of hydrogen-bond acceptors (Lipinski definition) is 5. The van der Waals surface area contributed by atoms with Gasteiger partial charge in [-0.15, -0.1) is 0 Å². The highest BCUT2D eigenvalue weighted by molar-refractivity contribution is 6.34. The second-order valence-corrected chi connectivity index (χ2v) is 8.15. The fourth-order valence-electron chi connectivity index (χ4n) is 4.07. The van der Waals surface area contributed by atoms with Gasteiger partial charge in [0.05, 0.1) is 36.5 Å². The van der Waals surface area contributed by atoms with Crippen LogP contribution in [0.4, 0.5) is 17.1 Å². The van der Waals surface area contributed by atoms with Crippen molar-refractivity contribution in [3.8, 4) is 11.5 Å². The van der Waals surface area contributed by atoms with E-state index in [9.17, 15) is 14.4 Å². The van der Waals surface area contributed by atoms with Gasteiger partial charge in [0.1, 0.15) is 11.5 Å². The summed E-state index contributed by atoms with van der Waals surface area (Å²) in [5.74, 6) is 0.208. The molecule has 0 aromatic heterocycles. The zero-order valence-corrected chi connectivity index (χ0v) is 18.6. The topological polar surface area (TPSA) is 88.2 Å². The monoisotopic (exact) mass is 457 g/mol. The van der Waals surface area contributed by atoms with Crippen LogP contribution in [-0.4, -0.2) is 45.0 Å². The van der Waals surface area contributed by atoms with Crippen LogP contribution in [0.25, 0.3) is 0 Å². The van der Waals surface area contributed by atoms with Crippen LogP contribution in [0.5, 0.6) is 11.5 Å². The van der Waals surface area contributed by atoms with E-state index in [2.05, 4.69) is 5.32 Å². The van der Waals surface area contributed by atoms with E-state index in [0.717, 1.165) is 6.42 Å². The van der Waals surface area contributed by atoms with E-state index >= 15 is 0 Å². The molecule has 1 atom stereocenters. The molecule has 8 nitrogen and oxygen atoms in total. The molecule has 2 aromatic carbocycles. The molecule has 32 heavy (non-hydrogen) atoms. The number of ether oxygens (including phenoxy) is 2. The minimum atomic E-state index is -0.520. The second-order valence-electron chi connectivity index (χ2n) is 7.75. The minimum Gasteiger partial charge on any atom is -0.497 e. The van der Waals surface area contributed by atoms with E-state index in [1.807, 2.05) is 0 Å². The van der Waals surface area contributed by atoms with Crippen molar-refractivity contribution in [3.63, 3.8) is 0 Å². The van der Waals surface area contributed by atoms with Gasteiger partial charge >= 0.3 is 0 Å². The molecule has 2 aliphatic rings. The van der Waals surface area contributed by atoms with E-state index in [4.69, 9.17) is 21.1 Å². The van der Waals surface area contributed by atoms with Gasteiger partial charge < -0.3 is 24.6 Å². The van der Waals surface area contributed by atoms with Crippen molar-refractivity contribution < 1.29 is 23.9 Å². The van der Waals surface area contributed by atoms with Crippen LogP contribution < -0.4 is 24.6 Å². The first-order chi connectivity index (χ1) is 15.4. The van der Waals surface area contributed by atoms with Crippen molar-refractivity contribution in [2.45, 2.75) is 19.3 Å². The van der Waals surface area contributed by atoms with Gasteiger partial charge in [0.25, 0.3) is 0 Å². The summed E-state index contributed by atoms with van der Waals surface area (Å²) >= 11 is 6.37. The molecule has 1 N–H and O–H groups in total. The Labute approximate surface area is 191 Å². The Morgan fingerprint density at radius 2 is 1.81 bits per heavy atom. The predicted octanol–water partition coefficient (Wildman–Crippen LogP) is 3.48. The molecular weight excluding hydrogens is 434 g/mol. The van der Waals surface area contributed by atoms with Crippen LogP contribution >= 0.6 is 11.6 Å². The fraction of sp³-hybridized carbons (Fsp3) is 0.348. The van der Waals surface area contributed by atoms with Gasteiger partial charge in [0, 0.05) is 37.7 Å². The first-order valence-electron chi connectivity index (χ1n) is 10.3. The van der Waals surface area contributed by atoms with E-state index < -0.39 is 5.92 Å². The van der Waals surface area contributed by atoms with E-state index in [0.29, 0.717) is 46.5 Å². The number of nitrogens with zero attached hydrogens (tertiary/aromatic N) is 2. The largest absolute Gasteiger partial charge is 0.497 e. The third kappa shape index (κ3) is 4.23. The molecule has 0 bridgehead atoms. The highest BCUT2D eigenvalue weighted by Crippen LogP contribution is 2.36. The molecule has 0 aliphatic carbocycles. The molecular formula is C23H24ClN3O5. The quantitative estimate of drug-likeness (QED) is 0.717. The van der Waals surface area contributed by atoms with Crippen molar-refractivity contribution in [3.05, 3.63) is 41.4 Å². The highest BCUT2D eigenvalue weighted by atomic mass is 35.5. The van der Waals surface area contributed by atoms with E-state index in [1.54, 1.807) is 53.3 Å². The minimum absolute atomic E-state index is 0.0437. The molecule has 4 rings (SSSR count). The first-order valence-corrected chi connectivity index (χ1v) is 10.7. The van der Waals surface area contributed by atoms with Crippen LogP contribution in [0.3, 0.4) is 0 Å². The number of amides is 3.